The molecule has 1 amide bonds. The molecule has 6 heteroatoms. The van der Waals surface area contributed by atoms with Crippen molar-refractivity contribution in [2.75, 3.05) is 5.32 Å². The summed E-state index contributed by atoms with van der Waals surface area (Å²) in [7, 11) is -3.67. The molecule has 1 aromatic heterocycles. The maximum Gasteiger partial charge on any atom is 0.394 e. The van der Waals surface area contributed by atoms with Gasteiger partial charge in [-0.25, -0.2) is 0 Å². The van der Waals surface area contributed by atoms with Crippen molar-refractivity contribution >= 4 is 42.4 Å². The van der Waals surface area contributed by atoms with Crippen LogP contribution in [0.4, 0.5) is 5.69 Å². The molecular weight excluding hydrogens is 382 g/mol. The summed E-state index contributed by atoms with van der Waals surface area (Å²) in [4.78, 5) is 33.3. The highest BCUT2D eigenvalue weighted by molar-refractivity contribution is 6.83. The van der Waals surface area contributed by atoms with Gasteiger partial charge < -0.3 is 19.3 Å². The SMILES string of the molecule is O=C(Nc1cccc(C=C[Si](O)(O)c2ccccc2)c1)c1cc2ccccc2o1. The molecule has 4 rings (SSSR count). The molecule has 3 aromatic carbocycles. The first-order valence-electron chi connectivity index (χ1n) is 9.11. The average Bonchev–Trinajstić information content (AvgIpc) is 3.18. The van der Waals surface area contributed by atoms with Crippen molar-refractivity contribution in [1.29, 1.82) is 0 Å². The van der Waals surface area contributed by atoms with Crippen molar-refractivity contribution in [3.05, 3.63) is 102 Å². The van der Waals surface area contributed by atoms with E-state index >= 15 is 0 Å². The van der Waals surface area contributed by atoms with Gasteiger partial charge in [-0.1, -0.05) is 66.7 Å². The summed E-state index contributed by atoms with van der Waals surface area (Å²) in [6, 6.07) is 25.0. The minimum atomic E-state index is -3.67. The molecule has 3 N–H and O–H groups in total. The van der Waals surface area contributed by atoms with E-state index in [4.69, 9.17) is 4.42 Å². The van der Waals surface area contributed by atoms with E-state index in [2.05, 4.69) is 5.32 Å². The molecule has 29 heavy (non-hydrogen) atoms. The Morgan fingerprint density at radius 2 is 1.66 bits per heavy atom. The van der Waals surface area contributed by atoms with Crippen molar-refractivity contribution in [2.24, 2.45) is 0 Å². The third kappa shape index (κ3) is 4.35. The van der Waals surface area contributed by atoms with Gasteiger partial charge in [0.25, 0.3) is 5.91 Å². The van der Waals surface area contributed by atoms with Crippen molar-refractivity contribution in [3.63, 3.8) is 0 Å². The Morgan fingerprint density at radius 3 is 2.45 bits per heavy atom. The normalized spacial score (nSPS) is 11.8. The van der Waals surface area contributed by atoms with Gasteiger partial charge in [0.15, 0.2) is 5.76 Å². The van der Waals surface area contributed by atoms with Crippen LogP contribution in [-0.4, -0.2) is 24.1 Å². The number of carbonyl (C=O) groups excluding carboxylic acids is 1. The van der Waals surface area contributed by atoms with Crippen LogP contribution in [0.25, 0.3) is 17.0 Å². The molecule has 0 saturated heterocycles. The largest absolute Gasteiger partial charge is 0.451 e. The lowest BCUT2D eigenvalue weighted by Gasteiger charge is -2.13. The minimum Gasteiger partial charge on any atom is -0.451 e. The molecule has 0 bridgehead atoms. The second kappa shape index (κ2) is 7.88. The first-order valence-corrected chi connectivity index (χ1v) is 11.1. The molecule has 1 heterocycles. The summed E-state index contributed by atoms with van der Waals surface area (Å²) in [5.74, 6) is -0.118. The predicted molar refractivity (Wildman–Crippen MR) is 116 cm³/mol. The fourth-order valence-electron chi connectivity index (χ4n) is 3.00. The fraction of sp³-hybridized carbons (Fsp3) is 0. The van der Waals surface area contributed by atoms with Crippen LogP contribution in [0.3, 0.4) is 0 Å². The molecule has 0 aliphatic carbocycles. The molecule has 0 atom stereocenters. The molecule has 0 aliphatic heterocycles. The molecule has 0 spiro atoms. The quantitative estimate of drug-likeness (QED) is 0.447. The third-order valence-corrected chi connectivity index (χ3v) is 6.32. The van der Waals surface area contributed by atoms with E-state index in [0.717, 1.165) is 10.9 Å². The lowest BCUT2D eigenvalue weighted by atomic mass is 10.2. The van der Waals surface area contributed by atoms with Crippen molar-refractivity contribution < 1.29 is 18.8 Å². The topological polar surface area (TPSA) is 82.7 Å². The summed E-state index contributed by atoms with van der Waals surface area (Å²) in [6.07, 6.45) is 1.65. The molecule has 0 unspecified atom stereocenters. The Labute approximate surface area is 168 Å². The Kier molecular flexibility index (Phi) is 5.14. The van der Waals surface area contributed by atoms with Gasteiger partial charge in [-0.3, -0.25) is 4.79 Å². The number of anilines is 1. The maximum absolute atomic E-state index is 12.5. The highest BCUT2D eigenvalue weighted by atomic mass is 28.4. The van der Waals surface area contributed by atoms with Crippen LogP contribution in [-0.2, 0) is 0 Å². The summed E-state index contributed by atoms with van der Waals surface area (Å²) in [5, 5.41) is 4.18. The number of amides is 1. The maximum atomic E-state index is 12.5. The van der Waals surface area contributed by atoms with Gasteiger partial charge in [0.2, 0.25) is 0 Å². The van der Waals surface area contributed by atoms with E-state index in [1.807, 2.05) is 36.4 Å². The van der Waals surface area contributed by atoms with Crippen LogP contribution in [0.15, 0.2) is 95.0 Å². The van der Waals surface area contributed by atoms with Crippen molar-refractivity contribution in [3.8, 4) is 0 Å². The van der Waals surface area contributed by atoms with Crippen LogP contribution in [0.2, 0.25) is 0 Å². The first kappa shape index (κ1) is 18.9. The van der Waals surface area contributed by atoms with Gasteiger partial charge in [-0.2, -0.15) is 0 Å². The van der Waals surface area contributed by atoms with Crippen LogP contribution < -0.4 is 10.5 Å². The number of carbonyl (C=O) groups is 1. The van der Waals surface area contributed by atoms with E-state index in [1.165, 1.54) is 5.70 Å². The van der Waals surface area contributed by atoms with Gasteiger partial charge in [-0.15, -0.1) is 0 Å². The molecule has 0 saturated carbocycles. The zero-order valence-electron chi connectivity index (χ0n) is 15.4. The van der Waals surface area contributed by atoms with Gasteiger partial charge in [0.05, 0.1) is 0 Å². The van der Waals surface area contributed by atoms with Gasteiger partial charge in [-0.05, 0) is 40.7 Å². The van der Waals surface area contributed by atoms with E-state index < -0.39 is 8.56 Å². The fourth-order valence-corrected chi connectivity index (χ4v) is 4.30. The Hall–Kier alpha value is -3.45. The zero-order chi connectivity index (χ0) is 20.3. The number of benzene rings is 3. The van der Waals surface area contributed by atoms with Crippen LogP contribution in [0, 0.1) is 0 Å². The Balaban J connectivity index is 1.50. The van der Waals surface area contributed by atoms with Crippen molar-refractivity contribution in [1.82, 2.24) is 0 Å². The Bertz CT molecular complexity index is 1150. The van der Waals surface area contributed by atoms with Gasteiger partial charge in [0, 0.05) is 11.1 Å². The Morgan fingerprint density at radius 1 is 0.897 bits per heavy atom. The number of nitrogens with one attached hydrogen (secondary N) is 1. The first-order chi connectivity index (χ1) is 14.0. The number of hydrogen-bond donors (Lipinski definition) is 3. The number of rotatable bonds is 5. The average molecular weight is 401 g/mol. The number of hydrogen-bond acceptors (Lipinski definition) is 4. The number of furan rings is 1. The highest BCUT2D eigenvalue weighted by Gasteiger charge is 2.28. The number of para-hydroxylation sites is 1. The van der Waals surface area contributed by atoms with E-state index in [1.54, 1.807) is 54.6 Å². The van der Waals surface area contributed by atoms with Crippen LogP contribution in [0.1, 0.15) is 16.1 Å². The minimum absolute atomic E-state index is 0.230. The zero-order valence-corrected chi connectivity index (χ0v) is 16.4. The molecule has 0 aliphatic rings. The predicted octanol–water partition coefficient (Wildman–Crippen LogP) is 3.57. The molecule has 144 valence electrons. The van der Waals surface area contributed by atoms with Crippen LogP contribution >= 0.6 is 0 Å². The van der Waals surface area contributed by atoms with Crippen molar-refractivity contribution in [2.45, 2.75) is 0 Å². The summed E-state index contributed by atoms with van der Waals surface area (Å²) in [6.45, 7) is 0. The molecular formula is C23H19NO4Si. The van der Waals surface area contributed by atoms with E-state index in [0.29, 0.717) is 16.5 Å². The van der Waals surface area contributed by atoms with Gasteiger partial charge in [0.1, 0.15) is 5.58 Å². The molecule has 5 nitrogen and oxygen atoms in total. The van der Waals surface area contributed by atoms with Gasteiger partial charge >= 0.3 is 8.56 Å². The lowest BCUT2D eigenvalue weighted by Crippen LogP contribution is -2.46. The standard InChI is InChI=1S/C23H19NO4Si/c25-23(22-16-18-8-4-5-12-21(18)28-22)24-19-9-6-7-17(15-19)13-14-29(26,27)20-10-2-1-3-11-20/h1-16,26-27H,(H,24,25). The summed E-state index contributed by atoms with van der Waals surface area (Å²) < 4.78 is 5.59. The molecule has 0 radical (unpaired) electrons. The molecule has 4 aromatic rings. The molecule has 0 fully saturated rings. The second-order valence-electron chi connectivity index (χ2n) is 6.65. The second-order valence-corrected chi connectivity index (χ2v) is 9.02. The lowest BCUT2D eigenvalue weighted by molar-refractivity contribution is 0.0998. The monoisotopic (exact) mass is 401 g/mol. The number of fused-ring (bicyclic) bond motifs is 1. The third-order valence-electron chi connectivity index (χ3n) is 4.50. The summed E-state index contributed by atoms with van der Waals surface area (Å²) >= 11 is 0. The van der Waals surface area contributed by atoms with Crippen LogP contribution in [0.5, 0.6) is 0 Å². The summed E-state index contributed by atoms with van der Waals surface area (Å²) in [5.41, 5.74) is 3.41. The van der Waals surface area contributed by atoms with E-state index in [-0.39, 0.29) is 11.7 Å². The highest BCUT2D eigenvalue weighted by Crippen LogP contribution is 2.20. The van der Waals surface area contributed by atoms with E-state index in [9.17, 15) is 14.4 Å². The smallest absolute Gasteiger partial charge is 0.394 e.